The second-order valence-corrected chi connectivity index (χ2v) is 8.75. The summed E-state index contributed by atoms with van der Waals surface area (Å²) in [6.45, 7) is 10.7. The van der Waals surface area contributed by atoms with Crippen molar-refractivity contribution in [2.75, 3.05) is 0 Å². The van der Waals surface area contributed by atoms with Gasteiger partial charge < -0.3 is 5.11 Å². The Labute approximate surface area is 134 Å². The molecule has 2 bridgehead atoms. The summed E-state index contributed by atoms with van der Waals surface area (Å²) in [7, 11) is 0. The standard InChI is InChI=1S/C20H30O2/c1-13(2)20(22)11-10-19(5)16(20)7-9-18(4)8-6-15(17(19)21)14(3)12-18/h6,8,12-13,15-16,22H,7,9-11H2,1-5H3/t15-,16-,18-,19+,20-/m0/s1. The minimum atomic E-state index is -0.696. The van der Waals surface area contributed by atoms with Crippen LogP contribution in [0.15, 0.2) is 23.8 Å². The summed E-state index contributed by atoms with van der Waals surface area (Å²) >= 11 is 0. The Kier molecular flexibility index (Phi) is 3.49. The summed E-state index contributed by atoms with van der Waals surface area (Å²) < 4.78 is 0. The number of fused-ring (bicyclic) bond motifs is 1. The number of allylic oxidation sites excluding steroid dienone is 4. The van der Waals surface area contributed by atoms with Gasteiger partial charge in [0, 0.05) is 16.7 Å². The van der Waals surface area contributed by atoms with Gasteiger partial charge in [0.05, 0.1) is 11.5 Å². The first-order valence-corrected chi connectivity index (χ1v) is 8.78. The Morgan fingerprint density at radius 3 is 2.50 bits per heavy atom. The predicted octanol–water partition coefficient (Wildman–Crippen LogP) is 4.29. The lowest BCUT2D eigenvalue weighted by Crippen LogP contribution is -2.47. The van der Waals surface area contributed by atoms with Crippen LogP contribution >= 0.6 is 0 Å². The van der Waals surface area contributed by atoms with E-state index >= 15 is 0 Å². The van der Waals surface area contributed by atoms with Crippen molar-refractivity contribution in [1.82, 2.24) is 0 Å². The van der Waals surface area contributed by atoms with Gasteiger partial charge in [-0.15, -0.1) is 0 Å². The van der Waals surface area contributed by atoms with Crippen molar-refractivity contribution in [1.29, 1.82) is 0 Å². The first-order chi connectivity index (χ1) is 10.1. The Morgan fingerprint density at radius 1 is 1.23 bits per heavy atom. The van der Waals surface area contributed by atoms with Gasteiger partial charge in [0.25, 0.3) is 0 Å². The van der Waals surface area contributed by atoms with E-state index in [4.69, 9.17) is 0 Å². The summed E-state index contributed by atoms with van der Waals surface area (Å²) in [6.07, 6.45) is 10.1. The highest BCUT2D eigenvalue weighted by atomic mass is 16.3. The topological polar surface area (TPSA) is 37.3 Å². The summed E-state index contributed by atoms with van der Waals surface area (Å²) in [6, 6.07) is 0. The normalized spacial score (nSPS) is 48.0. The lowest BCUT2D eigenvalue weighted by atomic mass is 9.65. The first kappa shape index (κ1) is 16.0. The molecule has 122 valence electrons. The fourth-order valence-corrected chi connectivity index (χ4v) is 5.30. The molecular weight excluding hydrogens is 272 g/mol. The van der Waals surface area contributed by atoms with Gasteiger partial charge in [0.2, 0.25) is 0 Å². The van der Waals surface area contributed by atoms with Crippen LogP contribution in [0.5, 0.6) is 0 Å². The average molecular weight is 302 g/mol. The largest absolute Gasteiger partial charge is 0.389 e. The molecule has 0 aliphatic heterocycles. The molecule has 1 saturated carbocycles. The molecule has 0 radical (unpaired) electrons. The lowest BCUT2D eigenvalue weighted by Gasteiger charge is -2.41. The van der Waals surface area contributed by atoms with Crippen molar-refractivity contribution in [3.8, 4) is 0 Å². The van der Waals surface area contributed by atoms with Gasteiger partial charge in [-0.05, 0) is 38.5 Å². The average Bonchev–Trinajstić information content (AvgIpc) is 2.72. The zero-order valence-electron chi connectivity index (χ0n) is 14.6. The zero-order chi connectivity index (χ0) is 16.3. The first-order valence-electron chi connectivity index (χ1n) is 8.78. The van der Waals surface area contributed by atoms with Crippen LogP contribution in [0.25, 0.3) is 0 Å². The van der Waals surface area contributed by atoms with Crippen LogP contribution in [-0.4, -0.2) is 16.5 Å². The highest BCUT2D eigenvalue weighted by Gasteiger charge is 2.59. The number of carbonyl (C=O) groups is 1. The molecule has 2 nitrogen and oxygen atoms in total. The fraction of sp³-hybridized carbons (Fsp3) is 0.750. The maximum absolute atomic E-state index is 13.3. The molecule has 0 unspecified atom stereocenters. The summed E-state index contributed by atoms with van der Waals surface area (Å²) in [5.74, 6) is 0.505. The molecule has 2 heteroatoms. The molecule has 1 N–H and O–H groups in total. The van der Waals surface area contributed by atoms with Crippen LogP contribution in [0, 0.1) is 28.6 Å². The van der Waals surface area contributed by atoms with Crippen LogP contribution in [-0.2, 0) is 4.79 Å². The second-order valence-electron chi connectivity index (χ2n) is 8.75. The van der Waals surface area contributed by atoms with Gasteiger partial charge in [-0.1, -0.05) is 51.5 Å². The van der Waals surface area contributed by atoms with Crippen molar-refractivity contribution < 1.29 is 9.90 Å². The predicted molar refractivity (Wildman–Crippen MR) is 89.4 cm³/mol. The van der Waals surface area contributed by atoms with E-state index in [0.717, 1.165) is 25.7 Å². The van der Waals surface area contributed by atoms with Gasteiger partial charge in [0.15, 0.2) is 0 Å². The van der Waals surface area contributed by atoms with Crippen molar-refractivity contribution in [3.63, 3.8) is 0 Å². The zero-order valence-corrected chi connectivity index (χ0v) is 14.6. The molecule has 0 aromatic rings. The fourth-order valence-electron chi connectivity index (χ4n) is 5.30. The van der Waals surface area contributed by atoms with Crippen molar-refractivity contribution in [2.24, 2.45) is 28.6 Å². The van der Waals surface area contributed by atoms with Gasteiger partial charge in [0.1, 0.15) is 5.78 Å². The summed E-state index contributed by atoms with van der Waals surface area (Å²) in [5, 5.41) is 11.3. The smallest absolute Gasteiger partial charge is 0.149 e. The van der Waals surface area contributed by atoms with Crippen LogP contribution in [0.4, 0.5) is 0 Å². The van der Waals surface area contributed by atoms with E-state index in [1.807, 2.05) is 0 Å². The van der Waals surface area contributed by atoms with E-state index in [1.54, 1.807) is 0 Å². The van der Waals surface area contributed by atoms with Crippen LogP contribution in [0.3, 0.4) is 0 Å². The minimum Gasteiger partial charge on any atom is -0.389 e. The molecule has 22 heavy (non-hydrogen) atoms. The van der Waals surface area contributed by atoms with Crippen molar-refractivity contribution in [2.45, 2.75) is 65.9 Å². The van der Waals surface area contributed by atoms with Gasteiger partial charge in [-0.3, -0.25) is 4.79 Å². The molecule has 4 aliphatic carbocycles. The third kappa shape index (κ3) is 2.06. The number of carbonyl (C=O) groups excluding carboxylic acids is 1. The van der Waals surface area contributed by atoms with E-state index in [1.165, 1.54) is 5.57 Å². The Bertz CT molecular complexity index is 558. The molecule has 0 spiro atoms. The van der Waals surface area contributed by atoms with E-state index in [9.17, 15) is 9.90 Å². The lowest BCUT2D eigenvalue weighted by molar-refractivity contribution is -0.137. The van der Waals surface area contributed by atoms with E-state index < -0.39 is 11.0 Å². The molecule has 1 fully saturated rings. The Morgan fingerprint density at radius 2 is 1.91 bits per heavy atom. The van der Waals surface area contributed by atoms with Crippen molar-refractivity contribution >= 4 is 5.78 Å². The maximum atomic E-state index is 13.3. The van der Waals surface area contributed by atoms with Gasteiger partial charge in [-0.25, -0.2) is 0 Å². The Hall–Kier alpha value is -0.890. The van der Waals surface area contributed by atoms with Crippen molar-refractivity contribution in [3.05, 3.63) is 23.8 Å². The molecule has 0 aromatic heterocycles. The molecule has 0 aromatic carbocycles. The second kappa shape index (κ2) is 4.80. The maximum Gasteiger partial charge on any atom is 0.149 e. The number of Topliss-reactive ketones (excluding diaryl/α,β-unsaturated/α-hetero) is 1. The molecule has 0 amide bonds. The van der Waals surface area contributed by atoms with Gasteiger partial charge in [-0.2, -0.15) is 0 Å². The highest BCUT2D eigenvalue weighted by molar-refractivity contribution is 5.91. The van der Waals surface area contributed by atoms with E-state index in [0.29, 0.717) is 5.78 Å². The molecule has 0 heterocycles. The SMILES string of the molecule is CC1=C[C@@]2(C)C=C[C@@H]1C(=O)[C@]1(C)CC[C@](O)(C(C)C)[C@H]1CC2. The quantitative estimate of drug-likeness (QED) is 0.734. The molecule has 4 rings (SSSR count). The molecular formula is C20H30O2. The van der Waals surface area contributed by atoms with E-state index in [-0.39, 0.29) is 23.2 Å². The number of hydrogen-bond donors (Lipinski definition) is 1. The number of rotatable bonds is 1. The summed E-state index contributed by atoms with van der Waals surface area (Å²) in [5.41, 5.74) is 0.140. The molecule has 5 atom stereocenters. The third-order valence-corrected chi connectivity index (χ3v) is 6.95. The Balaban J connectivity index is 2.08. The number of hydrogen-bond acceptors (Lipinski definition) is 2. The number of aliphatic hydroxyl groups is 1. The molecule has 0 saturated heterocycles. The van der Waals surface area contributed by atoms with Crippen LogP contribution in [0.1, 0.15) is 60.3 Å². The molecule has 4 aliphatic rings. The minimum absolute atomic E-state index is 0.0343. The highest BCUT2D eigenvalue weighted by Crippen LogP contribution is 2.58. The summed E-state index contributed by atoms with van der Waals surface area (Å²) in [4.78, 5) is 13.3. The van der Waals surface area contributed by atoms with Gasteiger partial charge >= 0.3 is 0 Å². The number of ketones is 1. The van der Waals surface area contributed by atoms with E-state index in [2.05, 4.69) is 52.8 Å². The van der Waals surface area contributed by atoms with Crippen LogP contribution in [0.2, 0.25) is 0 Å². The van der Waals surface area contributed by atoms with Crippen LogP contribution < -0.4 is 0 Å². The monoisotopic (exact) mass is 302 g/mol. The third-order valence-electron chi connectivity index (χ3n) is 6.95.